The first-order valence-corrected chi connectivity index (χ1v) is 13.5. The van der Waals surface area contributed by atoms with Gasteiger partial charge in [0.1, 0.15) is 12.2 Å². The summed E-state index contributed by atoms with van der Waals surface area (Å²) in [6.45, 7) is 4.78. The lowest BCUT2D eigenvalue weighted by Crippen LogP contribution is -2.53. The number of hydrogen-bond acceptors (Lipinski definition) is 5. The summed E-state index contributed by atoms with van der Waals surface area (Å²) in [5.74, 6) is 0. The SMILES string of the molecule is CCCCCOC1C[C@@H](OCc2ccccc2)[C@H](OCc2ccccc2)[C@@H](COCc2ccccc2)O1. The molecule has 1 unspecified atom stereocenters. The molecule has 0 bridgehead atoms. The van der Waals surface area contributed by atoms with Gasteiger partial charge >= 0.3 is 0 Å². The summed E-state index contributed by atoms with van der Waals surface area (Å²) >= 11 is 0. The first-order chi connectivity index (χ1) is 18.3. The van der Waals surface area contributed by atoms with Crippen molar-refractivity contribution in [3.05, 3.63) is 108 Å². The molecule has 0 aromatic heterocycles. The molecule has 1 heterocycles. The van der Waals surface area contributed by atoms with E-state index in [4.69, 9.17) is 23.7 Å². The van der Waals surface area contributed by atoms with Crippen molar-refractivity contribution in [3.8, 4) is 0 Å². The average molecular weight is 505 g/mol. The minimum absolute atomic E-state index is 0.181. The molecule has 4 atom stereocenters. The fourth-order valence-corrected chi connectivity index (χ4v) is 4.49. The van der Waals surface area contributed by atoms with Gasteiger partial charge < -0.3 is 23.7 Å². The Hall–Kier alpha value is -2.54. The third-order valence-electron chi connectivity index (χ3n) is 6.52. The highest BCUT2D eigenvalue weighted by atomic mass is 16.7. The lowest BCUT2D eigenvalue weighted by atomic mass is 10.0. The zero-order chi connectivity index (χ0) is 25.5. The van der Waals surface area contributed by atoms with Crippen molar-refractivity contribution < 1.29 is 23.7 Å². The van der Waals surface area contributed by atoms with E-state index in [0.29, 0.717) is 39.5 Å². The van der Waals surface area contributed by atoms with Crippen molar-refractivity contribution in [3.63, 3.8) is 0 Å². The number of ether oxygens (including phenoxy) is 5. The Labute approximate surface area is 221 Å². The molecule has 198 valence electrons. The summed E-state index contributed by atoms with van der Waals surface area (Å²) in [7, 11) is 0. The number of unbranched alkanes of at least 4 members (excludes halogenated alkanes) is 2. The first kappa shape index (κ1) is 27.5. The minimum Gasteiger partial charge on any atom is -0.374 e. The van der Waals surface area contributed by atoms with Crippen molar-refractivity contribution in [2.75, 3.05) is 13.2 Å². The van der Waals surface area contributed by atoms with Gasteiger partial charge in [-0.25, -0.2) is 0 Å². The summed E-state index contributed by atoms with van der Waals surface area (Å²) < 4.78 is 31.7. The van der Waals surface area contributed by atoms with Gasteiger partial charge in [0.2, 0.25) is 0 Å². The second kappa shape index (κ2) is 15.7. The molecular weight excluding hydrogens is 464 g/mol. The molecule has 37 heavy (non-hydrogen) atoms. The van der Waals surface area contributed by atoms with Crippen LogP contribution in [-0.2, 0) is 43.5 Å². The van der Waals surface area contributed by atoms with Gasteiger partial charge in [-0.05, 0) is 23.1 Å². The standard InChI is InChI=1S/C32H40O5/c1-2-3-13-20-34-31-21-29(35-23-27-16-9-5-10-17-27)32(36-24-28-18-11-6-12-19-28)30(37-31)25-33-22-26-14-7-4-8-15-26/h4-12,14-19,29-32H,2-3,13,20-25H2,1H3/t29-,30-,31?,32+/m1/s1. The lowest BCUT2D eigenvalue weighted by molar-refractivity contribution is -0.278. The summed E-state index contributed by atoms with van der Waals surface area (Å²) in [4.78, 5) is 0. The van der Waals surface area contributed by atoms with Crippen LogP contribution in [0.2, 0.25) is 0 Å². The highest BCUT2D eigenvalue weighted by Gasteiger charge is 2.41. The van der Waals surface area contributed by atoms with E-state index in [2.05, 4.69) is 43.3 Å². The number of rotatable bonds is 15. The number of benzene rings is 3. The van der Waals surface area contributed by atoms with Crippen LogP contribution in [0.1, 0.15) is 49.3 Å². The highest BCUT2D eigenvalue weighted by Crippen LogP contribution is 2.28. The van der Waals surface area contributed by atoms with Crippen LogP contribution in [0, 0.1) is 0 Å². The van der Waals surface area contributed by atoms with Crippen molar-refractivity contribution in [2.24, 2.45) is 0 Å². The maximum atomic E-state index is 6.49. The van der Waals surface area contributed by atoms with E-state index in [1.54, 1.807) is 0 Å². The van der Waals surface area contributed by atoms with Crippen LogP contribution in [0.5, 0.6) is 0 Å². The third-order valence-corrected chi connectivity index (χ3v) is 6.52. The van der Waals surface area contributed by atoms with Gasteiger partial charge in [0, 0.05) is 13.0 Å². The van der Waals surface area contributed by atoms with Crippen LogP contribution in [0.4, 0.5) is 0 Å². The zero-order valence-corrected chi connectivity index (χ0v) is 21.9. The molecule has 3 aromatic rings. The molecule has 0 N–H and O–H groups in total. The Kier molecular flexibility index (Phi) is 11.6. The van der Waals surface area contributed by atoms with E-state index < -0.39 is 0 Å². The Bertz CT molecular complexity index is 982. The average Bonchev–Trinajstić information content (AvgIpc) is 2.95. The zero-order valence-electron chi connectivity index (χ0n) is 21.9. The molecule has 0 saturated carbocycles. The fraction of sp³-hybridized carbons (Fsp3) is 0.438. The smallest absolute Gasteiger partial charge is 0.160 e. The lowest BCUT2D eigenvalue weighted by Gasteiger charge is -2.41. The quantitative estimate of drug-likeness (QED) is 0.216. The summed E-state index contributed by atoms with van der Waals surface area (Å²) in [5, 5.41) is 0. The van der Waals surface area contributed by atoms with Crippen LogP contribution < -0.4 is 0 Å². The van der Waals surface area contributed by atoms with Crippen LogP contribution in [0.25, 0.3) is 0 Å². The monoisotopic (exact) mass is 504 g/mol. The van der Waals surface area contributed by atoms with Gasteiger partial charge in [-0.15, -0.1) is 0 Å². The van der Waals surface area contributed by atoms with Gasteiger partial charge in [0.25, 0.3) is 0 Å². The molecule has 1 fully saturated rings. The topological polar surface area (TPSA) is 46.2 Å². The van der Waals surface area contributed by atoms with Gasteiger partial charge in [-0.2, -0.15) is 0 Å². The van der Waals surface area contributed by atoms with E-state index in [0.717, 1.165) is 36.0 Å². The van der Waals surface area contributed by atoms with Gasteiger partial charge in [0.15, 0.2) is 6.29 Å². The van der Waals surface area contributed by atoms with Crippen LogP contribution in [-0.4, -0.2) is 37.8 Å². The molecule has 3 aromatic carbocycles. The predicted molar refractivity (Wildman–Crippen MR) is 145 cm³/mol. The molecule has 1 saturated heterocycles. The number of hydrogen-bond donors (Lipinski definition) is 0. The second-order valence-corrected chi connectivity index (χ2v) is 9.51. The van der Waals surface area contributed by atoms with Crippen molar-refractivity contribution in [2.45, 2.75) is 77.0 Å². The Morgan fingerprint density at radius 1 is 0.676 bits per heavy atom. The molecule has 0 amide bonds. The molecular formula is C32H40O5. The molecule has 0 spiro atoms. The maximum Gasteiger partial charge on any atom is 0.160 e. The van der Waals surface area contributed by atoms with E-state index in [1.165, 1.54) is 0 Å². The Morgan fingerprint density at radius 3 is 1.84 bits per heavy atom. The van der Waals surface area contributed by atoms with Gasteiger partial charge in [-0.1, -0.05) is 111 Å². The molecule has 0 aliphatic carbocycles. The van der Waals surface area contributed by atoms with Gasteiger partial charge in [0.05, 0.1) is 32.5 Å². The van der Waals surface area contributed by atoms with Crippen LogP contribution >= 0.6 is 0 Å². The molecule has 0 radical (unpaired) electrons. The van der Waals surface area contributed by atoms with Crippen LogP contribution in [0.3, 0.4) is 0 Å². The highest BCUT2D eigenvalue weighted by molar-refractivity contribution is 5.15. The Balaban J connectivity index is 1.45. The van der Waals surface area contributed by atoms with E-state index >= 15 is 0 Å². The molecule has 1 aliphatic heterocycles. The largest absolute Gasteiger partial charge is 0.374 e. The summed E-state index contributed by atoms with van der Waals surface area (Å²) in [6, 6.07) is 30.7. The Morgan fingerprint density at radius 2 is 1.24 bits per heavy atom. The van der Waals surface area contributed by atoms with Crippen LogP contribution in [0.15, 0.2) is 91.0 Å². The van der Waals surface area contributed by atoms with E-state index in [-0.39, 0.29) is 24.6 Å². The minimum atomic E-state index is -0.348. The maximum absolute atomic E-state index is 6.49. The first-order valence-electron chi connectivity index (χ1n) is 13.5. The second-order valence-electron chi connectivity index (χ2n) is 9.51. The van der Waals surface area contributed by atoms with Gasteiger partial charge in [-0.3, -0.25) is 0 Å². The third kappa shape index (κ3) is 9.37. The van der Waals surface area contributed by atoms with E-state index in [1.807, 2.05) is 54.6 Å². The van der Waals surface area contributed by atoms with Crippen molar-refractivity contribution in [1.82, 2.24) is 0 Å². The normalized spacial score (nSPS) is 21.6. The molecule has 1 aliphatic rings. The van der Waals surface area contributed by atoms with Crippen molar-refractivity contribution >= 4 is 0 Å². The van der Waals surface area contributed by atoms with Crippen molar-refractivity contribution in [1.29, 1.82) is 0 Å². The molecule has 5 nitrogen and oxygen atoms in total. The molecule has 4 rings (SSSR count). The van der Waals surface area contributed by atoms with E-state index in [9.17, 15) is 0 Å². The summed E-state index contributed by atoms with van der Waals surface area (Å²) in [6.07, 6.45) is 2.82. The fourth-order valence-electron chi connectivity index (χ4n) is 4.49. The predicted octanol–water partition coefficient (Wildman–Crippen LogP) is 6.70. The summed E-state index contributed by atoms with van der Waals surface area (Å²) in [5.41, 5.74) is 3.38. The molecule has 5 heteroatoms.